The van der Waals surface area contributed by atoms with E-state index < -0.39 is 34.5 Å². The van der Waals surface area contributed by atoms with Crippen molar-refractivity contribution in [1.29, 1.82) is 0 Å². The molecule has 0 aliphatic carbocycles. The summed E-state index contributed by atoms with van der Waals surface area (Å²) < 4.78 is 14.5. The highest BCUT2D eigenvalue weighted by Gasteiger charge is 2.26. The Kier molecular flexibility index (Phi) is 8.63. The van der Waals surface area contributed by atoms with Crippen LogP contribution < -0.4 is 10.1 Å². The summed E-state index contributed by atoms with van der Waals surface area (Å²) in [5.74, 6) is -2.35. The lowest BCUT2D eigenvalue weighted by Crippen LogP contribution is -2.42. The molecule has 1 atom stereocenters. The molecule has 0 aromatic carbocycles. The zero-order valence-corrected chi connectivity index (χ0v) is 15.2. The normalized spacial score (nSPS) is 11.2. The molecule has 0 radical (unpaired) electrons. The minimum absolute atomic E-state index is 0.0342. The van der Waals surface area contributed by atoms with E-state index in [2.05, 4.69) is 10.3 Å². The van der Waals surface area contributed by atoms with Crippen molar-refractivity contribution in [2.24, 2.45) is 0 Å². The lowest BCUT2D eigenvalue weighted by atomic mass is 10.1. The number of nitro groups is 1. The van der Waals surface area contributed by atoms with E-state index >= 15 is 0 Å². The SMILES string of the molecule is CCOC(=O)CC[C@H](NC(=O)c1ccc([N+](=O)[O-])c(OC)n1)C(=O)OCC. The van der Waals surface area contributed by atoms with Gasteiger partial charge in [-0.05, 0) is 26.3 Å². The Morgan fingerprint density at radius 1 is 1.22 bits per heavy atom. The Bertz CT molecular complexity index is 707. The van der Waals surface area contributed by atoms with Crippen molar-refractivity contribution in [3.05, 3.63) is 27.9 Å². The average molecular weight is 383 g/mol. The average Bonchev–Trinajstić information content (AvgIpc) is 2.64. The van der Waals surface area contributed by atoms with E-state index in [0.29, 0.717) is 0 Å². The van der Waals surface area contributed by atoms with Gasteiger partial charge in [-0.2, -0.15) is 0 Å². The number of rotatable bonds is 10. The third-order valence-corrected chi connectivity index (χ3v) is 3.28. The molecule has 0 aliphatic heterocycles. The topological polar surface area (TPSA) is 147 Å². The van der Waals surface area contributed by atoms with E-state index in [1.54, 1.807) is 13.8 Å². The molecular weight excluding hydrogens is 362 g/mol. The lowest BCUT2D eigenvalue weighted by molar-refractivity contribution is -0.386. The first kappa shape index (κ1) is 21.8. The number of hydrogen-bond donors (Lipinski definition) is 1. The van der Waals surface area contributed by atoms with Crippen LogP contribution in [0, 0.1) is 10.1 Å². The maximum absolute atomic E-state index is 12.4. The molecule has 0 saturated carbocycles. The van der Waals surface area contributed by atoms with E-state index in [-0.39, 0.29) is 37.6 Å². The lowest BCUT2D eigenvalue weighted by Gasteiger charge is -2.16. The van der Waals surface area contributed by atoms with Crippen molar-refractivity contribution in [3.8, 4) is 5.88 Å². The largest absolute Gasteiger partial charge is 0.476 e. The molecule has 148 valence electrons. The molecule has 1 aromatic heterocycles. The Balaban J connectivity index is 2.93. The van der Waals surface area contributed by atoms with Crippen LogP contribution in [0.15, 0.2) is 12.1 Å². The van der Waals surface area contributed by atoms with Gasteiger partial charge in [0.15, 0.2) is 0 Å². The van der Waals surface area contributed by atoms with Crippen molar-refractivity contribution in [3.63, 3.8) is 0 Å². The Labute approximate surface area is 155 Å². The maximum atomic E-state index is 12.4. The van der Waals surface area contributed by atoms with Crippen molar-refractivity contribution >= 4 is 23.5 Å². The summed E-state index contributed by atoms with van der Waals surface area (Å²) in [4.78, 5) is 49.8. The molecule has 0 spiro atoms. The van der Waals surface area contributed by atoms with E-state index in [1.165, 1.54) is 7.11 Å². The second-order valence-corrected chi connectivity index (χ2v) is 5.10. The molecule has 11 heteroatoms. The van der Waals surface area contributed by atoms with Gasteiger partial charge in [0.05, 0.1) is 25.2 Å². The zero-order valence-electron chi connectivity index (χ0n) is 15.2. The number of methoxy groups -OCH3 is 1. The van der Waals surface area contributed by atoms with Crippen LogP contribution in [-0.2, 0) is 19.1 Å². The fourth-order valence-electron chi connectivity index (χ4n) is 2.07. The number of carbonyl (C=O) groups excluding carboxylic acids is 3. The number of esters is 2. The molecule has 27 heavy (non-hydrogen) atoms. The third-order valence-electron chi connectivity index (χ3n) is 3.28. The van der Waals surface area contributed by atoms with Gasteiger partial charge in [0.2, 0.25) is 0 Å². The van der Waals surface area contributed by atoms with E-state index in [4.69, 9.17) is 14.2 Å². The highest BCUT2D eigenvalue weighted by atomic mass is 16.6. The molecule has 1 rings (SSSR count). The van der Waals surface area contributed by atoms with Gasteiger partial charge in [0.1, 0.15) is 11.7 Å². The van der Waals surface area contributed by atoms with Crippen LogP contribution in [0.2, 0.25) is 0 Å². The fraction of sp³-hybridized carbons (Fsp3) is 0.500. The highest BCUT2D eigenvalue weighted by Crippen LogP contribution is 2.24. The minimum atomic E-state index is -1.11. The first-order valence-corrected chi connectivity index (χ1v) is 8.16. The summed E-state index contributed by atoms with van der Waals surface area (Å²) in [6, 6.07) is 1.09. The first-order chi connectivity index (χ1) is 12.8. The second-order valence-electron chi connectivity index (χ2n) is 5.10. The minimum Gasteiger partial charge on any atom is -0.476 e. The molecule has 0 saturated heterocycles. The standard InChI is InChI=1S/C16H21N3O8/c1-4-26-13(20)9-7-11(16(22)27-5-2)17-14(21)10-6-8-12(19(23)24)15(18-10)25-3/h6,8,11H,4-5,7,9H2,1-3H3,(H,17,21)/t11-/m0/s1. The van der Waals surface area contributed by atoms with Crippen molar-refractivity contribution in [2.45, 2.75) is 32.7 Å². The van der Waals surface area contributed by atoms with Gasteiger partial charge in [0.25, 0.3) is 11.8 Å². The second kappa shape index (κ2) is 10.7. The molecule has 1 aromatic rings. The van der Waals surface area contributed by atoms with Gasteiger partial charge < -0.3 is 19.5 Å². The fourth-order valence-corrected chi connectivity index (χ4v) is 2.07. The smallest absolute Gasteiger partial charge is 0.330 e. The molecule has 0 bridgehead atoms. The van der Waals surface area contributed by atoms with Crippen molar-refractivity contribution < 1.29 is 33.5 Å². The molecule has 1 N–H and O–H groups in total. The van der Waals surface area contributed by atoms with Gasteiger partial charge in [-0.15, -0.1) is 0 Å². The quantitative estimate of drug-likeness (QED) is 0.355. The first-order valence-electron chi connectivity index (χ1n) is 8.16. The van der Waals surface area contributed by atoms with E-state index in [1.807, 2.05) is 0 Å². The molecule has 1 heterocycles. The van der Waals surface area contributed by atoms with Crippen LogP contribution in [-0.4, -0.2) is 54.1 Å². The Hall–Kier alpha value is -3.24. The summed E-state index contributed by atoms with van der Waals surface area (Å²) in [6.45, 7) is 3.54. The van der Waals surface area contributed by atoms with Crippen molar-refractivity contribution in [2.75, 3.05) is 20.3 Å². The predicted molar refractivity (Wildman–Crippen MR) is 91.2 cm³/mol. The maximum Gasteiger partial charge on any atom is 0.330 e. The number of nitrogens with zero attached hydrogens (tertiary/aromatic N) is 2. The Morgan fingerprint density at radius 3 is 2.44 bits per heavy atom. The van der Waals surface area contributed by atoms with Crippen LogP contribution in [0.3, 0.4) is 0 Å². The predicted octanol–water partition coefficient (Wildman–Crippen LogP) is 1.00. The number of ether oxygens (including phenoxy) is 3. The molecule has 0 aliphatic rings. The number of aromatic nitrogens is 1. The van der Waals surface area contributed by atoms with Crippen LogP contribution in [0.1, 0.15) is 37.2 Å². The number of amides is 1. The summed E-state index contributed by atoms with van der Waals surface area (Å²) in [7, 11) is 1.18. The summed E-state index contributed by atoms with van der Waals surface area (Å²) in [5, 5.41) is 13.3. The number of nitrogens with one attached hydrogen (secondary N) is 1. The summed E-state index contributed by atoms with van der Waals surface area (Å²) >= 11 is 0. The van der Waals surface area contributed by atoms with Crippen LogP contribution in [0.5, 0.6) is 5.88 Å². The molecule has 1 amide bonds. The van der Waals surface area contributed by atoms with Crippen molar-refractivity contribution in [1.82, 2.24) is 10.3 Å². The van der Waals surface area contributed by atoms with E-state index in [0.717, 1.165) is 12.1 Å². The number of hydrogen-bond acceptors (Lipinski definition) is 9. The zero-order chi connectivity index (χ0) is 20.4. The molecule has 0 unspecified atom stereocenters. The van der Waals surface area contributed by atoms with Gasteiger partial charge in [-0.3, -0.25) is 19.7 Å². The molecule has 0 fully saturated rings. The monoisotopic (exact) mass is 383 g/mol. The molecular formula is C16H21N3O8. The van der Waals surface area contributed by atoms with Gasteiger partial charge in [-0.1, -0.05) is 0 Å². The van der Waals surface area contributed by atoms with Crippen LogP contribution in [0.4, 0.5) is 5.69 Å². The molecule has 11 nitrogen and oxygen atoms in total. The third kappa shape index (κ3) is 6.53. The van der Waals surface area contributed by atoms with Crippen LogP contribution >= 0.6 is 0 Å². The van der Waals surface area contributed by atoms with E-state index in [9.17, 15) is 24.5 Å². The van der Waals surface area contributed by atoms with Crippen LogP contribution in [0.25, 0.3) is 0 Å². The highest BCUT2D eigenvalue weighted by molar-refractivity contribution is 5.95. The Morgan fingerprint density at radius 2 is 1.89 bits per heavy atom. The van der Waals surface area contributed by atoms with Gasteiger partial charge >= 0.3 is 17.6 Å². The number of pyridine rings is 1. The summed E-state index contributed by atoms with van der Waals surface area (Å²) in [5.41, 5.74) is -0.596. The van der Waals surface area contributed by atoms with Gasteiger partial charge in [0, 0.05) is 12.5 Å². The van der Waals surface area contributed by atoms with Gasteiger partial charge in [-0.25, -0.2) is 9.78 Å². The number of carbonyl (C=O) groups is 3. The summed E-state index contributed by atoms with van der Waals surface area (Å²) in [6.07, 6.45) is -0.137.